The molecule has 154 valence electrons. The molecule has 0 saturated carbocycles. The summed E-state index contributed by atoms with van der Waals surface area (Å²) < 4.78 is 0. The molecule has 4 nitrogen and oxygen atoms in total. The van der Waals surface area contributed by atoms with Crippen LogP contribution in [0.15, 0.2) is 12.7 Å². The average molecular weight is 371 g/mol. The molecule has 0 aromatic carbocycles. The minimum atomic E-state index is -1.08. The summed E-state index contributed by atoms with van der Waals surface area (Å²) in [5.41, 5.74) is 0. The third kappa shape index (κ3) is 30.5. The number of hydrogen-bond acceptors (Lipinski definition) is 2. The molecular formula is C22H42O4. The van der Waals surface area contributed by atoms with E-state index in [2.05, 4.69) is 13.5 Å². The number of carboxylic acid groups (broad SMARTS) is 2. The molecule has 0 aromatic heterocycles. The van der Waals surface area contributed by atoms with Gasteiger partial charge in [0.05, 0.1) is 12.8 Å². The molecule has 0 unspecified atom stereocenters. The highest BCUT2D eigenvalue weighted by Crippen LogP contribution is 2.13. The Morgan fingerprint density at radius 3 is 1.23 bits per heavy atom. The van der Waals surface area contributed by atoms with E-state index >= 15 is 0 Å². The molecule has 26 heavy (non-hydrogen) atoms. The molecular weight excluding hydrogens is 328 g/mol. The lowest BCUT2D eigenvalue weighted by Crippen LogP contribution is -2.00. The maximum Gasteiger partial charge on any atom is 0.303 e. The summed E-state index contributed by atoms with van der Waals surface area (Å²) in [5.74, 6) is -2.15. The van der Waals surface area contributed by atoms with Gasteiger partial charge in [0.15, 0.2) is 0 Å². The maximum absolute atomic E-state index is 9.64. The van der Waals surface area contributed by atoms with Crippen molar-refractivity contribution in [1.29, 1.82) is 0 Å². The van der Waals surface area contributed by atoms with Gasteiger partial charge in [0.25, 0.3) is 0 Å². The van der Waals surface area contributed by atoms with E-state index in [4.69, 9.17) is 10.2 Å². The first-order valence-corrected chi connectivity index (χ1v) is 10.6. The third-order valence-corrected chi connectivity index (χ3v) is 4.31. The van der Waals surface area contributed by atoms with E-state index in [-0.39, 0.29) is 12.8 Å². The zero-order valence-electron chi connectivity index (χ0n) is 17.0. The number of hydrogen-bond donors (Lipinski definition) is 2. The number of allylic oxidation sites excluding steroid dienone is 1. The number of carboxylic acids is 2. The van der Waals surface area contributed by atoms with E-state index in [9.17, 15) is 9.59 Å². The van der Waals surface area contributed by atoms with Gasteiger partial charge in [-0.05, 0) is 12.8 Å². The smallest absolute Gasteiger partial charge is 0.303 e. The SMILES string of the molecule is C=CCCCCCCCCCCCCCCCC.O=C(O)CCC(=O)O. The zero-order chi connectivity index (χ0) is 19.9. The molecule has 0 bridgehead atoms. The lowest BCUT2D eigenvalue weighted by Gasteiger charge is -2.02. The third-order valence-electron chi connectivity index (χ3n) is 4.31. The van der Waals surface area contributed by atoms with E-state index in [0.29, 0.717) is 0 Å². The van der Waals surface area contributed by atoms with Gasteiger partial charge in [-0.2, -0.15) is 0 Å². The highest BCUT2D eigenvalue weighted by atomic mass is 16.4. The van der Waals surface area contributed by atoms with Crippen molar-refractivity contribution >= 4 is 11.9 Å². The monoisotopic (exact) mass is 370 g/mol. The van der Waals surface area contributed by atoms with E-state index in [1.54, 1.807) is 0 Å². The summed E-state index contributed by atoms with van der Waals surface area (Å²) in [7, 11) is 0. The van der Waals surface area contributed by atoms with Crippen LogP contribution in [-0.2, 0) is 9.59 Å². The molecule has 0 radical (unpaired) electrons. The molecule has 0 aliphatic heterocycles. The summed E-state index contributed by atoms with van der Waals surface area (Å²) in [4.78, 5) is 19.3. The Bertz CT molecular complexity index is 312. The summed E-state index contributed by atoms with van der Waals surface area (Å²) >= 11 is 0. The van der Waals surface area contributed by atoms with Crippen molar-refractivity contribution in [3.8, 4) is 0 Å². The van der Waals surface area contributed by atoms with Crippen molar-refractivity contribution in [2.24, 2.45) is 0 Å². The van der Waals surface area contributed by atoms with Crippen molar-refractivity contribution in [3.05, 3.63) is 12.7 Å². The quantitative estimate of drug-likeness (QED) is 0.201. The molecule has 0 atom stereocenters. The number of unbranched alkanes of at least 4 members (excludes halogenated alkanes) is 14. The molecule has 2 N–H and O–H groups in total. The van der Waals surface area contributed by atoms with Gasteiger partial charge in [0.2, 0.25) is 0 Å². The van der Waals surface area contributed by atoms with Crippen LogP contribution in [0.3, 0.4) is 0 Å². The number of aliphatic carboxylic acids is 2. The zero-order valence-corrected chi connectivity index (χ0v) is 17.0. The largest absolute Gasteiger partial charge is 0.481 e. The van der Waals surface area contributed by atoms with Crippen molar-refractivity contribution in [2.75, 3.05) is 0 Å². The number of carbonyl (C=O) groups is 2. The first kappa shape index (κ1) is 26.9. The summed E-state index contributed by atoms with van der Waals surface area (Å²) in [5, 5.41) is 15.8. The number of rotatable bonds is 18. The van der Waals surface area contributed by atoms with Crippen LogP contribution in [-0.4, -0.2) is 22.2 Å². The molecule has 0 aliphatic rings. The topological polar surface area (TPSA) is 74.6 Å². The van der Waals surface area contributed by atoms with Gasteiger partial charge in [0.1, 0.15) is 0 Å². The molecule has 0 amide bonds. The van der Waals surface area contributed by atoms with Gasteiger partial charge >= 0.3 is 11.9 Å². The van der Waals surface area contributed by atoms with Crippen LogP contribution < -0.4 is 0 Å². The highest BCUT2D eigenvalue weighted by molar-refractivity contribution is 5.75. The van der Waals surface area contributed by atoms with Gasteiger partial charge < -0.3 is 10.2 Å². The molecule has 4 heteroatoms. The Labute approximate surface area is 161 Å². The lowest BCUT2D eigenvalue weighted by atomic mass is 10.0. The van der Waals surface area contributed by atoms with Crippen LogP contribution in [0.2, 0.25) is 0 Å². The van der Waals surface area contributed by atoms with Crippen LogP contribution in [0.4, 0.5) is 0 Å². The fourth-order valence-electron chi connectivity index (χ4n) is 2.70. The summed E-state index contributed by atoms with van der Waals surface area (Å²) in [6.45, 7) is 6.05. The minimum absolute atomic E-state index is 0.296. The second-order valence-electron chi connectivity index (χ2n) is 6.96. The van der Waals surface area contributed by atoms with Crippen molar-refractivity contribution in [1.82, 2.24) is 0 Å². The Morgan fingerprint density at radius 2 is 0.962 bits per heavy atom. The van der Waals surface area contributed by atoms with Gasteiger partial charge in [-0.15, -0.1) is 6.58 Å². The molecule has 0 fully saturated rings. The highest BCUT2D eigenvalue weighted by Gasteiger charge is 2.00. The molecule has 0 heterocycles. The second kappa shape index (κ2) is 23.7. The van der Waals surface area contributed by atoms with Crippen LogP contribution in [0.1, 0.15) is 116 Å². The predicted molar refractivity (Wildman–Crippen MR) is 110 cm³/mol. The molecule has 0 saturated heterocycles. The van der Waals surface area contributed by atoms with Gasteiger partial charge in [-0.25, -0.2) is 0 Å². The van der Waals surface area contributed by atoms with E-state index in [1.807, 2.05) is 6.08 Å². The standard InChI is InChI=1S/C18H36.C4H6O4/c1-3-5-7-9-11-13-15-17-18-16-14-12-10-8-6-4-2;5-3(6)1-2-4(7)8/h3H,1,4-18H2,2H3;1-2H2,(H,5,6)(H,7,8). The lowest BCUT2D eigenvalue weighted by molar-refractivity contribution is -0.143. The first-order valence-electron chi connectivity index (χ1n) is 10.6. The maximum atomic E-state index is 9.64. The normalized spacial score (nSPS) is 10.0. The van der Waals surface area contributed by atoms with Gasteiger partial charge in [-0.3, -0.25) is 9.59 Å². The predicted octanol–water partition coefficient (Wildman–Crippen LogP) is 6.98. The summed E-state index contributed by atoms with van der Waals surface area (Å²) in [6, 6.07) is 0. The summed E-state index contributed by atoms with van der Waals surface area (Å²) in [6.07, 6.45) is 22.9. The van der Waals surface area contributed by atoms with Crippen LogP contribution in [0.25, 0.3) is 0 Å². The average Bonchev–Trinajstić information content (AvgIpc) is 2.61. The van der Waals surface area contributed by atoms with Crippen molar-refractivity contribution < 1.29 is 19.8 Å². The Balaban J connectivity index is 0. The van der Waals surface area contributed by atoms with Crippen LogP contribution in [0.5, 0.6) is 0 Å². The molecule has 0 aliphatic carbocycles. The molecule has 0 aromatic rings. The first-order chi connectivity index (χ1) is 12.5. The Kier molecular flexibility index (Phi) is 24.5. The van der Waals surface area contributed by atoms with E-state index in [0.717, 1.165) is 0 Å². The van der Waals surface area contributed by atoms with Gasteiger partial charge in [0, 0.05) is 0 Å². The van der Waals surface area contributed by atoms with Crippen LogP contribution >= 0.6 is 0 Å². The second-order valence-corrected chi connectivity index (χ2v) is 6.96. The van der Waals surface area contributed by atoms with Crippen molar-refractivity contribution in [3.63, 3.8) is 0 Å². The molecule has 0 spiro atoms. The van der Waals surface area contributed by atoms with E-state index < -0.39 is 11.9 Å². The Morgan fingerprint density at radius 1 is 0.654 bits per heavy atom. The Hall–Kier alpha value is -1.32. The van der Waals surface area contributed by atoms with Crippen molar-refractivity contribution in [2.45, 2.75) is 116 Å². The van der Waals surface area contributed by atoms with Crippen LogP contribution in [0, 0.1) is 0 Å². The fraction of sp³-hybridized carbons (Fsp3) is 0.818. The van der Waals surface area contributed by atoms with E-state index in [1.165, 1.54) is 96.3 Å². The fourth-order valence-corrected chi connectivity index (χ4v) is 2.70. The molecule has 0 rings (SSSR count). The minimum Gasteiger partial charge on any atom is -0.481 e. The van der Waals surface area contributed by atoms with Gasteiger partial charge in [-0.1, -0.05) is 96.5 Å².